The van der Waals surface area contributed by atoms with Gasteiger partial charge in [-0.2, -0.15) is 0 Å². The first-order chi connectivity index (χ1) is 9.85. The van der Waals surface area contributed by atoms with E-state index in [0.717, 1.165) is 6.42 Å². The van der Waals surface area contributed by atoms with E-state index in [4.69, 9.17) is 5.11 Å². The summed E-state index contributed by atoms with van der Waals surface area (Å²) in [7, 11) is 1.24. The molecule has 7 nitrogen and oxygen atoms in total. The molecule has 2 N–H and O–H groups in total. The van der Waals surface area contributed by atoms with Gasteiger partial charge >= 0.3 is 18.0 Å². The number of urea groups is 1. The van der Waals surface area contributed by atoms with E-state index in [1.807, 2.05) is 0 Å². The van der Waals surface area contributed by atoms with Crippen LogP contribution in [0.25, 0.3) is 0 Å². The molecule has 7 heteroatoms. The van der Waals surface area contributed by atoms with E-state index in [0.29, 0.717) is 24.9 Å². The normalized spacial score (nSPS) is 19.4. The van der Waals surface area contributed by atoms with Gasteiger partial charge in [0.15, 0.2) is 0 Å². The van der Waals surface area contributed by atoms with Gasteiger partial charge in [0.25, 0.3) is 0 Å². The van der Waals surface area contributed by atoms with Crippen LogP contribution in [0, 0.1) is 11.8 Å². The lowest BCUT2D eigenvalue weighted by Gasteiger charge is -2.21. The van der Waals surface area contributed by atoms with Crippen molar-refractivity contribution < 1.29 is 24.2 Å². The number of nitrogens with one attached hydrogen (secondary N) is 1. The van der Waals surface area contributed by atoms with Gasteiger partial charge in [-0.3, -0.25) is 4.79 Å². The molecule has 21 heavy (non-hydrogen) atoms. The van der Waals surface area contributed by atoms with Crippen LogP contribution in [0.15, 0.2) is 0 Å². The number of amides is 2. The Morgan fingerprint density at radius 2 is 2.05 bits per heavy atom. The highest BCUT2D eigenvalue weighted by molar-refractivity contribution is 5.83. The second-order valence-corrected chi connectivity index (χ2v) is 5.69. The van der Waals surface area contributed by atoms with Crippen molar-refractivity contribution in [1.29, 1.82) is 0 Å². The minimum absolute atomic E-state index is 0.0230. The lowest BCUT2D eigenvalue weighted by Crippen LogP contribution is -2.47. The third-order valence-corrected chi connectivity index (χ3v) is 3.92. The number of carbonyl (C=O) groups excluding carboxylic acids is 2. The number of likely N-dealkylation sites (tertiary alicyclic amines) is 1. The first kappa shape index (κ1) is 17.3. The quantitative estimate of drug-likeness (QED) is 0.716. The van der Waals surface area contributed by atoms with E-state index in [1.165, 1.54) is 7.11 Å². The molecule has 2 atom stereocenters. The van der Waals surface area contributed by atoms with Crippen molar-refractivity contribution in [3.8, 4) is 0 Å². The second kappa shape index (κ2) is 7.85. The zero-order valence-electron chi connectivity index (χ0n) is 12.8. The summed E-state index contributed by atoms with van der Waals surface area (Å²) in [5.74, 6) is -0.685. The van der Waals surface area contributed by atoms with Crippen LogP contribution in [-0.4, -0.2) is 54.2 Å². The summed E-state index contributed by atoms with van der Waals surface area (Å²) < 4.78 is 4.47. The first-order valence-electron chi connectivity index (χ1n) is 7.20. The van der Waals surface area contributed by atoms with Crippen molar-refractivity contribution in [3.63, 3.8) is 0 Å². The number of esters is 1. The Morgan fingerprint density at radius 3 is 2.52 bits per heavy atom. The molecule has 0 aliphatic carbocycles. The van der Waals surface area contributed by atoms with Crippen LogP contribution in [-0.2, 0) is 14.3 Å². The van der Waals surface area contributed by atoms with Crippen molar-refractivity contribution in [2.45, 2.75) is 39.2 Å². The number of nitrogens with zero attached hydrogens (tertiary/aromatic N) is 1. The number of carbonyl (C=O) groups is 3. The second-order valence-electron chi connectivity index (χ2n) is 5.69. The van der Waals surface area contributed by atoms with Gasteiger partial charge in [0, 0.05) is 19.5 Å². The Labute approximate surface area is 124 Å². The number of hydrogen-bond donors (Lipinski definition) is 2. The molecule has 0 radical (unpaired) electrons. The van der Waals surface area contributed by atoms with Crippen LogP contribution in [0.5, 0.6) is 0 Å². The predicted octanol–water partition coefficient (Wildman–Crippen LogP) is 1.08. The molecule has 1 heterocycles. The van der Waals surface area contributed by atoms with Crippen LogP contribution in [0.1, 0.15) is 33.1 Å². The monoisotopic (exact) mass is 300 g/mol. The molecule has 1 aliphatic rings. The van der Waals surface area contributed by atoms with Crippen LogP contribution < -0.4 is 5.32 Å². The summed E-state index contributed by atoms with van der Waals surface area (Å²) in [6.07, 6.45) is 0.919. The van der Waals surface area contributed by atoms with E-state index >= 15 is 0 Å². The highest BCUT2D eigenvalue weighted by Gasteiger charge is 2.30. The van der Waals surface area contributed by atoms with E-state index < -0.39 is 18.0 Å². The maximum Gasteiger partial charge on any atom is 0.326 e. The topological polar surface area (TPSA) is 95.9 Å². The maximum absolute atomic E-state index is 12.1. The Balaban J connectivity index is 2.49. The van der Waals surface area contributed by atoms with Crippen molar-refractivity contribution in [2.24, 2.45) is 11.8 Å². The Hall–Kier alpha value is -1.79. The number of ether oxygens (including phenoxy) is 1. The number of carboxylic acid groups (broad SMARTS) is 1. The maximum atomic E-state index is 12.1. The molecular formula is C14H24N2O5. The molecule has 1 fully saturated rings. The fourth-order valence-corrected chi connectivity index (χ4v) is 2.38. The summed E-state index contributed by atoms with van der Waals surface area (Å²) >= 11 is 0. The average molecular weight is 300 g/mol. The van der Waals surface area contributed by atoms with Crippen LogP contribution in [0.2, 0.25) is 0 Å². The minimum atomic E-state index is -1.15. The third kappa shape index (κ3) is 5.24. The Bertz CT molecular complexity index is 397. The smallest absolute Gasteiger partial charge is 0.326 e. The van der Waals surface area contributed by atoms with Crippen molar-refractivity contribution in [1.82, 2.24) is 10.2 Å². The largest absolute Gasteiger partial charge is 0.480 e. The van der Waals surface area contributed by atoms with Gasteiger partial charge in [0.1, 0.15) is 6.04 Å². The zero-order chi connectivity index (χ0) is 16.0. The highest BCUT2D eigenvalue weighted by Crippen LogP contribution is 2.23. The predicted molar refractivity (Wildman–Crippen MR) is 75.7 cm³/mol. The summed E-state index contributed by atoms with van der Waals surface area (Å²) in [4.78, 5) is 35.9. The van der Waals surface area contributed by atoms with Crippen molar-refractivity contribution >= 4 is 18.0 Å². The standard InChI is InChI=1S/C14H24N2O5/c1-9(2)10-6-7-16(8-10)14(20)15-11(13(18)19)4-5-12(17)21-3/h9-11H,4-8H2,1-3H3,(H,15,20)(H,18,19)/t10?,11-/m0/s1. The van der Waals surface area contributed by atoms with Crippen molar-refractivity contribution in [2.75, 3.05) is 20.2 Å². The van der Waals surface area contributed by atoms with Gasteiger partial charge in [-0.1, -0.05) is 13.8 Å². The van der Waals surface area contributed by atoms with Crippen molar-refractivity contribution in [3.05, 3.63) is 0 Å². The molecule has 1 rings (SSSR count). The zero-order valence-corrected chi connectivity index (χ0v) is 12.8. The highest BCUT2D eigenvalue weighted by atomic mass is 16.5. The molecule has 1 aliphatic heterocycles. The van der Waals surface area contributed by atoms with Crippen LogP contribution >= 0.6 is 0 Å². The number of hydrogen-bond acceptors (Lipinski definition) is 4. The van der Waals surface area contributed by atoms with Gasteiger partial charge in [-0.15, -0.1) is 0 Å². The molecule has 0 spiro atoms. The number of methoxy groups -OCH3 is 1. The molecule has 0 saturated carbocycles. The Kier molecular flexibility index (Phi) is 6.45. The van der Waals surface area contributed by atoms with Gasteiger partial charge in [0.2, 0.25) is 0 Å². The summed E-state index contributed by atoms with van der Waals surface area (Å²) in [6.45, 7) is 5.51. The van der Waals surface area contributed by atoms with E-state index in [9.17, 15) is 14.4 Å². The van der Waals surface area contributed by atoms with Crippen LogP contribution in [0.3, 0.4) is 0 Å². The summed E-state index contributed by atoms with van der Waals surface area (Å²) in [5, 5.41) is 11.6. The molecule has 0 bridgehead atoms. The van der Waals surface area contributed by atoms with Gasteiger partial charge in [0.05, 0.1) is 7.11 Å². The lowest BCUT2D eigenvalue weighted by atomic mass is 9.95. The molecule has 1 saturated heterocycles. The summed E-state index contributed by atoms with van der Waals surface area (Å²) in [6, 6.07) is -1.45. The molecular weight excluding hydrogens is 276 g/mol. The lowest BCUT2D eigenvalue weighted by molar-refractivity contribution is -0.142. The number of aliphatic carboxylic acids is 1. The van der Waals surface area contributed by atoms with Gasteiger partial charge in [-0.25, -0.2) is 9.59 Å². The fourth-order valence-electron chi connectivity index (χ4n) is 2.38. The summed E-state index contributed by atoms with van der Waals surface area (Å²) in [5.41, 5.74) is 0. The SMILES string of the molecule is COC(=O)CC[C@H](NC(=O)N1CCC(C(C)C)C1)C(=O)O. The molecule has 120 valence electrons. The molecule has 0 aromatic carbocycles. The molecule has 1 unspecified atom stereocenters. The Morgan fingerprint density at radius 1 is 1.38 bits per heavy atom. The third-order valence-electron chi connectivity index (χ3n) is 3.92. The van der Waals surface area contributed by atoms with E-state index in [2.05, 4.69) is 23.9 Å². The van der Waals surface area contributed by atoms with E-state index in [1.54, 1.807) is 4.90 Å². The average Bonchev–Trinajstić information content (AvgIpc) is 2.92. The van der Waals surface area contributed by atoms with Gasteiger partial charge < -0.3 is 20.1 Å². The number of carboxylic acids is 1. The molecule has 0 aromatic heterocycles. The fraction of sp³-hybridized carbons (Fsp3) is 0.786. The molecule has 2 amide bonds. The van der Waals surface area contributed by atoms with E-state index in [-0.39, 0.29) is 18.9 Å². The molecule has 0 aromatic rings. The minimum Gasteiger partial charge on any atom is -0.480 e. The van der Waals surface area contributed by atoms with Gasteiger partial charge in [-0.05, 0) is 24.7 Å². The van der Waals surface area contributed by atoms with Crippen LogP contribution in [0.4, 0.5) is 4.79 Å². The first-order valence-corrected chi connectivity index (χ1v) is 7.20. The number of rotatable bonds is 6.